The number of nitrogens with two attached hydrogens (primary N) is 1. The van der Waals surface area contributed by atoms with Crippen LogP contribution in [-0.4, -0.2) is 31.2 Å². The minimum Gasteiger partial charge on any atom is -0.378 e. The second-order valence-corrected chi connectivity index (χ2v) is 5.37. The van der Waals surface area contributed by atoms with Crippen LogP contribution in [0.15, 0.2) is 0 Å². The van der Waals surface area contributed by atoms with E-state index in [0.717, 1.165) is 19.4 Å². The second kappa shape index (κ2) is 5.83. The van der Waals surface area contributed by atoms with E-state index < -0.39 is 0 Å². The fourth-order valence-corrected chi connectivity index (χ4v) is 2.61. The molecule has 98 valence electrons. The lowest BCUT2D eigenvalue weighted by atomic mass is 9.80. The van der Waals surface area contributed by atoms with Crippen LogP contribution in [0.25, 0.3) is 0 Å². The number of carbonyl (C=O) groups excluding carboxylic acids is 1. The van der Waals surface area contributed by atoms with Crippen LogP contribution in [-0.2, 0) is 9.53 Å². The topological polar surface area (TPSA) is 64.3 Å². The average Bonchev–Trinajstić information content (AvgIpc) is 3.07. The maximum absolute atomic E-state index is 11.8. The molecule has 17 heavy (non-hydrogen) atoms. The van der Waals surface area contributed by atoms with Gasteiger partial charge in [-0.1, -0.05) is 0 Å². The van der Waals surface area contributed by atoms with Gasteiger partial charge in [0.05, 0.1) is 6.10 Å². The summed E-state index contributed by atoms with van der Waals surface area (Å²) in [5.74, 6) is 1.33. The molecule has 2 aliphatic rings. The maximum Gasteiger partial charge on any atom is 0.220 e. The van der Waals surface area contributed by atoms with Crippen LogP contribution in [0.3, 0.4) is 0 Å². The van der Waals surface area contributed by atoms with E-state index in [1.165, 1.54) is 12.8 Å². The lowest BCUT2D eigenvalue weighted by Gasteiger charge is -2.34. The number of nitrogens with one attached hydrogen (secondary N) is 1. The smallest absolute Gasteiger partial charge is 0.220 e. The van der Waals surface area contributed by atoms with Crippen LogP contribution >= 0.6 is 0 Å². The Morgan fingerprint density at radius 3 is 2.71 bits per heavy atom. The van der Waals surface area contributed by atoms with Gasteiger partial charge in [0, 0.05) is 25.6 Å². The van der Waals surface area contributed by atoms with Gasteiger partial charge in [0.1, 0.15) is 0 Å². The highest BCUT2D eigenvalue weighted by Crippen LogP contribution is 2.34. The zero-order chi connectivity index (χ0) is 12.3. The molecule has 0 spiro atoms. The number of ether oxygens (including phenoxy) is 1. The van der Waals surface area contributed by atoms with Crippen LogP contribution < -0.4 is 11.1 Å². The molecule has 1 amide bonds. The number of hydrogen-bond donors (Lipinski definition) is 2. The number of amides is 1. The third-order valence-corrected chi connectivity index (χ3v) is 3.86. The Kier molecular flexibility index (Phi) is 4.40. The summed E-state index contributed by atoms with van der Waals surface area (Å²) in [5, 5.41) is 3.07. The Morgan fingerprint density at radius 1 is 1.47 bits per heavy atom. The predicted molar refractivity (Wildman–Crippen MR) is 66.5 cm³/mol. The van der Waals surface area contributed by atoms with Gasteiger partial charge in [-0.2, -0.15) is 0 Å². The van der Waals surface area contributed by atoms with Crippen LogP contribution in [0.4, 0.5) is 0 Å². The van der Waals surface area contributed by atoms with Crippen molar-refractivity contribution in [1.29, 1.82) is 0 Å². The molecular weight excluding hydrogens is 216 g/mol. The van der Waals surface area contributed by atoms with Gasteiger partial charge >= 0.3 is 0 Å². The zero-order valence-corrected chi connectivity index (χ0v) is 10.7. The standard InChI is InChI=1S/C13H24N2O2/c1-2-17-11-5-9(6-11)7-13(16)15-12(8-14)10-3-4-10/h9-12H,2-8,14H2,1H3,(H,15,16). The molecule has 0 radical (unpaired) electrons. The lowest BCUT2D eigenvalue weighted by Crippen LogP contribution is -2.43. The molecular formula is C13H24N2O2. The first-order valence-corrected chi connectivity index (χ1v) is 6.84. The van der Waals surface area contributed by atoms with Crippen molar-refractivity contribution in [2.75, 3.05) is 13.2 Å². The quantitative estimate of drug-likeness (QED) is 0.699. The van der Waals surface area contributed by atoms with E-state index in [-0.39, 0.29) is 11.9 Å². The van der Waals surface area contributed by atoms with Crippen LogP contribution in [0.2, 0.25) is 0 Å². The van der Waals surface area contributed by atoms with Crippen molar-refractivity contribution in [1.82, 2.24) is 5.32 Å². The Bertz CT molecular complexity index is 260. The number of hydrogen-bond acceptors (Lipinski definition) is 3. The summed E-state index contributed by atoms with van der Waals surface area (Å²) in [6, 6.07) is 0.213. The Hall–Kier alpha value is -0.610. The SMILES string of the molecule is CCOC1CC(CC(=O)NC(CN)C2CC2)C1. The summed E-state index contributed by atoms with van der Waals surface area (Å²) in [4.78, 5) is 11.8. The summed E-state index contributed by atoms with van der Waals surface area (Å²) >= 11 is 0. The molecule has 2 aliphatic carbocycles. The van der Waals surface area contributed by atoms with E-state index in [1.807, 2.05) is 6.92 Å². The van der Waals surface area contributed by atoms with Gasteiger partial charge in [0.15, 0.2) is 0 Å². The van der Waals surface area contributed by atoms with Crippen LogP contribution in [0.5, 0.6) is 0 Å². The monoisotopic (exact) mass is 240 g/mol. The predicted octanol–water partition coefficient (Wildman–Crippen LogP) is 1.05. The minimum absolute atomic E-state index is 0.173. The fourth-order valence-electron chi connectivity index (χ4n) is 2.61. The van der Waals surface area contributed by atoms with E-state index in [0.29, 0.717) is 30.9 Å². The lowest BCUT2D eigenvalue weighted by molar-refractivity contribution is -0.125. The highest BCUT2D eigenvalue weighted by molar-refractivity contribution is 5.76. The summed E-state index contributed by atoms with van der Waals surface area (Å²) < 4.78 is 5.49. The normalized spacial score (nSPS) is 29.5. The molecule has 2 saturated carbocycles. The molecule has 0 aliphatic heterocycles. The van der Waals surface area contributed by atoms with Crippen molar-refractivity contribution >= 4 is 5.91 Å². The summed E-state index contributed by atoms with van der Waals surface area (Å²) in [6.45, 7) is 3.37. The molecule has 0 aromatic rings. The largest absolute Gasteiger partial charge is 0.378 e. The van der Waals surface area contributed by atoms with Gasteiger partial charge in [-0.3, -0.25) is 4.79 Å². The second-order valence-electron chi connectivity index (χ2n) is 5.37. The third kappa shape index (κ3) is 3.68. The van der Waals surface area contributed by atoms with Crippen molar-refractivity contribution in [3.05, 3.63) is 0 Å². The first kappa shape index (κ1) is 12.8. The summed E-state index contributed by atoms with van der Waals surface area (Å²) in [7, 11) is 0. The van der Waals surface area contributed by atoms with E-state index in [9.17, 15) is 4.79 Å². The third-order valence-electron chi connectivity index (χ3n) is 3.86. The highest BCUT2D eigenvalue weighted by atomic mass is 16.5. The molecule has 4 heteroatoms. The molecule has 0 aromatic carbocycles. The molecule has 3 N–H and O–H groups in total. The van der Waals surface area contributed by atoms with Crippen molar-refractivity contribution in [3.63, 3.8) is 0 Å². The molecule has 0 saturated heterocycles. The molecule has 1 atom stereocenters. The molecule has 0 heterocycles. The fraction of sp³-hybridized carbons (Fsp3) is 0.923. The van der Waals surface area contributed by atoms with E-state index >= 15 is 0 Å². The average molecular weight is 240 g/mol. The molecule has 0 bridgehead atoms. The van der Waals surface area contributed by atoms with Crippen molar-refractivity contribution < 1.29 is 9.53 Å². The molecule has 1 unspecified atom stereocenters. The van der Waals surface area contributed by atoms with Gasteiger partial charge in [0.2, 0.25) is 5.91 Å². The van der Waals surface area contributed by atoms with Gasteiger partial charge < -0.3 is 15.8 Å². The number of carbonyl (C=O) groups is 1. The van der Waals surface area contributed by atoms with Crippen molar-refractivity contribution in [2.24, 2.45) is 17.6 Å². The van der Waals surface area contributed by atoms with Gasteiger partial charge in [-0.05, 0) is 44.4 Å². The Labute approximate surface area is 103 Å². The first-order valence-electron chi connectivity index (χ1n) is 6.84. The minimum atomic E-state index is 0.173. The van der Waals surface area contributed by atoms with Gasteiger partial charge in [0.25, 0.3) is 0 Å². The Balaban J connectivity index is 1.61. The number of rotatable bonds is 7. The van der Waals surface area contributed by atoms with Crippen LogP contribution in [0.1, 0.15) is 39.0 Å². The van der Waals surface area contributed by atoms with Crippen molar-refractivity contribution in [3.8, 4) is 0 Å². The van der Waals surface area contributed by atoms with Gasteiger partial charge in [-0.25, -0.2) is 0 Å². The first-order chi connectivity index (χ1) is 8.22. The highest BCUT2D eigenvalue weighted by Gasteiger charge is 2.34. The van der Waals surface area contributed by atoms with Crippen LogP contribution in [0, 0.1) is 11.8 Å². The Morgan fingerprint density at radius 2 is 2.18 bits per heavy atom. The van der Waals surface area contributed by atoms with Crippen molar-refractivity contribution in [2.45, 2.75) is 51.2 Å². The van der Waals surface area contributed by atoms with E-state index in [4.69, 9.17) is 10.5 Å². The molecule has 4 nitrogen and oxygen atoms in total. The molecule has 2 rings (SSSR count). The van der Waals surface area contributed by atoms with E-state index in [1.54, 1.807) is 0 Å². The maximum atomic E-state index is 11.8. The summed E-state index contributed by atoms with van der Waals surface area (Å²) in [5.41, 5.74) is 5.67. The van der Waals surface area contributed by atoms with Gasteiger partial charge in [-0.15, -0.1) is 0 Å². The summed E-state index contributed by atoms with van der Waals surface area (Å²) in [6.07, 6.45) is 5.56. The van der Waals surface area contributed by atoms with E-state index in [2.05, 4.69) is 5.32 Å². The molecule has 0 aromatic heterocycles. The molecule has 2 fully saturated rings. The zero-order valence-electron chi connectivity index (χ0n) is 10.7.